The first kappa shape index (κ1) is 26.1. The van der Waals surface area contributed by atoms with Gasteiger partial charge in [-0.05, 0) is 60.4 Å². The number of aryl methyl sites for hydroxylation is 2. The van der Waals surface area contributed by atoms with E-state index in [0.717, 1.165) is 22.3 Å². The van der Waals surface area contributed by atoms with Gasteiger partial charge in [0.2, 0.25) is 0 Å². The van der Waals surface area contributed by atoms with E-state index < -0.39 is 12.2 Å². The Hall–Kier alpha value is -4.98. The highest BCUT2D eigenvalue weighted by Gasteiger charge is 2.08. The summed E-state index contributed by atoms with van der Waals surface area (Å²) in [4.78, 5) is 24.5. The summed E-state index contributed by atoms with van der Waals surface area (Å²) in [5.41, 5.74) is 5.82. The van der Waals surface area contributed by atoms with Crippen LogP contribution in [0.5, 0.6) is 0 Å². The van der Waals surface area contributed by atoms with E-state index in [2.05, 4.69) is 20.9 Å². The number of ether oxygens (including phenoxy) is 2. The molecule has 2 amide bonds. The lowest BCUT2D eigenvalue weighted by Gasteiger charge is -2.09. The largest absolute Gasteiger partial charge is 0.444 e. The Bertz CT molecular complexity index is 1310. The van der Waals surface area contributed by atoms with Gasteiger partial charge in [-0.3, -0.25) is 10.6 Å². The summed E-state index contributed by atoms with van der Waals surface area (Å²) in [6.45, 7) is 4.15. The molecule has 2 N–H and O–H groups in total. The molecule has 0 saturated heterocycles. The van der Waals surface area contributed by atoms with Crippen LogP contribution >= 0.6 is 0 Å². The molecule has 192 valence electrons. The molecule has 0 unspecified atom stereocenters. The number of anilines is 2. The lowest BCUT2D eigenvalue weighted by atomic mass is 10.2. The molecule has 38 heavy (non-hydrogen) atoms. The fourth-order valence-electron chi connectivity index (χ4n) is 3.45. The molecule has 0 aliphatic rings. The van der Waals surface area contributed by atoms with Crippen molar-refractivity contribution in [3.05, 3.63) is 119 Å². The third-order valence-corrected chi connectivity index (χ3v) is 5.60. The van der Waals surface area contributed by atoms with Crippen molar-refractivity contribution in [2.24, 2.45) is 10.2 Å². The van der Waals surface area contributed by atoms with E-state index in [1.165, 1.54) is 0 Å². The van der Waals surface area contributed by atoms with Gasteiger partial charge in [0.05, 0.1) is 11.4 Å². The number of nitrogens with one attached hydrogen (secondary N) is 2. The third kappa shape index (κ3) is 7.76. The Kier molecular flexibility index (Phi) is 8.80. The van der Waals surface area contributed by atoms with Crippen molar-refractivity contribution < 1.29 is 19.1 Å². The fourth-order valence-corrected chi connectivity index (χ4v) is 3.45. The minimum Gasteiger partial charge on any atom is -0.444 e. The maximum absolute atomic E-state index is 12.2. The number of hydrogen-bond acceptors (Lipinski definition) is 6. The summed E-state index contributed by atoms with van der Waals surface area (Å²) >= 11 is 0. The van der Waals surface area contributed by atoms with Gasteiger partial charge >= 0.3 is 12.2 Å². The molecule has 8 heteroatoms. The number of hydrogen-bond donors (Lipinski definition) is 2. The van der Waals surface area contributed by atoms with Crippen LogP contribution in [0.2, 0.25) is 0 Å². The zero-order valence-electron chi connectivity index (χ0n) is 21.2. The average Bonchev–Trinajstić information content (AvgIpc) is 2.93. The predicted octanol–water partition coefficient (Wildman–Crippen LogP) is 8.22. The Morgan fingerprint density at radius 1 is 0.605 bits per heavy atom. The van der Waals surface area contributed by atoms with Gasteiger partial charge in [-0.15, -0.1) is 0 Å². The van der Waals surface area contributed by atoms with Crippen molar-refractivity contribution in [3.8, 4) is 0 Å². The van der Waals surface area contributed by atoms with Gasteiger partial charge in [0, 0.05) is 11.4 Å². The van der Waals surface area contributed by atoms with E-state index in [1.54, 1.807) is 24.3 Å². The van der Waals surface area contributed by atoms with Crippen LogP contribution in [-0.2, 0) is 22.7 Å². The van der Waals surface area contributed by atoms with E-state index >= 15 is 0 Å². The normalized spacial score (nSPS) is 10.7. The van der Waals surface area contributed by atoms with E-state index in [9.17, 15) is 9.59 Å². The number of rotatable bonds is 8. The zero-order valence-corrected chi connectivity index (χ0v) is 21.2. The van der Waals surface area contributed by atoms with Crippen LogP contribution in [0.25, 0.3) is 0 Å². The van der Waals surface area contributed by atoms with Crippen molar-refractivity contribution in [2.75, 3.05) is 10.6 Å². The molecule has 8 nitrogen and oxygen atoms in total. The lowest BCUT2D eigenvalue weighted by Crippen LogP contribution is -2.13. The first-order valence-corrected chi connectivity index (χ1v) is 12.0. The Morgan fingerprint density at radius 3 is 1.39 bits per heavy atom. The second-order valence-electron chi connectivity index (χ2n) is 8.58. The molecular formula is C30H28N4O4. The quantitative estimate of drug-likeness (QED) is 0.234. The number of carbonyl (C=O) groups is 2. The minimum atomic E-state index is -0.561. The Balaban J connectivity index is 1.37. The van der Waals surface area contributed by atoms with Crippen LogP contribution in [0, 0.1) is 13.8 Å². The molecule has 4 aromatic carbocycles. The van der Waals surface area contributed by atoms with Crippen LogP contribution in [0.15, 0.2) is 107 Å². The summed E-state index contributed by atoms with van der Waals surface area (Å²) in [7, 11) is 0. The molecule has 4 rings (SSSR count). The zero-order chi connectivity index (χ0) is 26.7. The molecule has 0 radical (unpaired) electrons. The third-order valence-electron chi connectivity index (χ3n) is 5.60. The highest BCUT2D eigenvalue weighted by atomic mass is 16.6. The molecule has 0 aliphatic carbocycles. The molecule has 0 saturated carbocycles. The Labute approximate surface area is 221 Å². The second-order valence-corrected chi connectivity index (χ2v) is 8.58. The number of nitrogens with zero attached hydrogens (tertiary/aromatic N) is 2. The molecular weight excluding hydrogens is 480 g/mol. The van der Waals surface area contributed by atoms with Gasteiger partial charge in [-0.25, -0.2) is 9.59 Å². The highest BCUT2D eigenvalue weighted by molar-refractivity contribution is 5.86. The van der Waals surface area contributed by atoms with Gasteiger partial charge in [0.25, 0.3) is 0 Å². The molecule has 0 heterocycles. The maximum Gasteiger partial charge on any atom is 0.411 e. The first-order valence-electron chi connectivity index (χ1n) is 12.0. The maximum atomic E-state index is 12.2. The van der Waals surface area contributed by atoms with Crippen molar-refractivity contribution in [1.29, 1.82) is 0 Å². The predicted molar refractivity (Wildman–Crippen MR) is 147 cm³/mol. The van der Waals surface area contributed by atoms with Crippen molar-refractivity contribution in [3.63, 3.8) is 0 Å². The van der Waals surface area contributed by atoms with Gasteiger partial charge in [-0.2, -0.15) is 10.2 Å². The summed E-state index contributed by atoms with van der Waals surface area (Å²) in [5, 5.41) is 14.2. The van der Waals surface area contributed by atoms with E-state index in [1.807, 2.05) is 86.6 Å². The molecule has 0 atom stereocenters. The first-order chi connectivity index (χ1) is 18.5. The van der Waals surface area contributed by atoms with Crippen LogP contribution in [0.4, 0.5) is 32.3 Å². The van der Waals surface area contributed by atoms with Gasteiger partial charge in [0.1, 0.15) is 13.2 Å². The summed E-state index contributed by atoms with van der Waals surface area (Å²) in [6.07, 6.45) is -1.12. The molecule has 0 spiro atoms. The molecule has 0 fully saturated rings. The van der Waals surface area contributed by atoms with Crippen LogP contribution in [0.1, 0.15) is 22.3 Å². The van der Waals surface area contributed by atoms with Gasteiger partial charge in [0.15, 0.2) is 0 Å². The van der Waals surface area contributed by atoms with Crippen LogP contribution in [-0.4, -0.2) is 12.2 Å². The number of carbonyl (C=O) groups excluding carboxylic acids is 2. The number of amides is 2. The standard InChI is InChI=1S/C30H28N4O4/c1-21-13-15-25(31-29(35)37-19-23-9-5-3-6-10-23)17-27(21)33-34-28-18-26(16-14-22(28)2)32-30(36)38-20-24-11-7-4-8-12-24/h3-18H,19-20H2,1-2H3,(H,31,35)(H,32,36)/b34-33-. The SMILES string of the molecule is Cc1ccc(NC(=O)OCc2ccccc2)cc1/N=N\c1cc(NC(=O)OCc2ccccc2)ccc1C. The Morgan fingerprint density at radius 2 is 1.00 bits per heavy atom. The molecule has 4 aromatic rings. The van der Waals surface area contributed by atoms with E-state index in [0.29, 0.717) is 22.7 Å². The van der Waals surface area contributed by atoms with Gasteiger partial charge in [-0.1, -0.05) is 72.8 Å². The number of benzene rings is 4. The van der Waals surface area contributed by atoms with Crippen LogP contribution < -0.4 is 10.6 Å². The summed E-state index contributed by atoms with van der Waals surface area (Å²) in [5.74, 6) is 0. The highest BCUT2D eigenvalue weighted by Crippen LogP contribution is 2.29. The smallest absolute Gasteiger partial charge is 0.411 e. The fraction of sp³-hybridized carbons (Fsp3) is 0.133. The minimum absolute atomic E-state index is 0.175. The topological polar surface area (TPSA) is 101 Å². The summed E-state index contributed by atoms with van der Waals surface area (Å²) in [6, 6.07) is 29.6. The van der Waals surface area contributed by atoms with Crippen molar-refractivity contribution in [1.82, 2.24) is 0 Å². The van der Waals surface area contributed by atoms with Crippen molar-refractivity contribution in [2.45, 2.75) is 27.1 Å². The van der Waals surface area contributed by atoms with Crippen LogP contribution in [0.3, 0.4) is 0 Å². The second kappa shape index (κ2) is 12.8. The van der Waals surface area contributed by atoms with E-state index in [4.69, 9.17) is 9.47 Å². The molecule has 0 aliphatic heterocycles. The van der Waals surface area contributed by atoms with Crippen molar-refractivity contribution >= 4 is 34.9 Å². The average molecular weight is 509 g/mol. The molecule has 0 bridgehead atoms. The summed E-state index contributed by atoms with van der Waals surface area (Å²) < 4.78 is 10.6. The number of azo groups is 1. The monoisotopic (exact) mass is 508 g/mol. The lowest BCUT2D eigenvalue weighted by molar-refractivity contribution is 0.154. The molecule has 0 aromatic heterocycles. The van der Waals surface area contributed by atoms with Gasteiger partial charge < -0.3 is 9.47 Å². The van der Waals surface area contributed by atoms with E-state index in [-0.39, 0.29) is 13.2 Å².